The van der Waals surface area contributed by atoms with E-state index in [2.05, 4.69) is 5.32 Å². The molecule has 7 nitrogen and oxygen atoms in total. The molecule has 0 aliphatic carbocycles. The number of rotatable bonds is 4. The molecule has 3 aromatic rings. The van der Waals surface area contributed by atoms with E-state index in [-0.39, 0.29) is 12.0 Å². The van der Waals surface area contributed by atoms with Crippen molar-refractivity contribution in [2.24, 2.45) is 0 Å². The molecule has 0 saturated carbocycles. The Morgan fingerprint density at radius 1 is 1.00 bits per heavy atom. The third-order valence-corrected chi connectivity index (χ3v) is 4.72. The summed E-state index contributed by atoms with van der Waals surface area (Å²) in [5.74, 6) is -0.897. The van der Waals surface area contributed by atoms with Gasteiger partial charge in [0.15, 0.2) is 0 Å². The first kappa shape index (κ1) is 17.7. The molecule has 0 aliphatic heterocycles. The summed E-state index contributed by atoms with van der Waals surface area (Å²) >= 11 is 0. The topological polar surface area (TPSA) is 110 Å². The average Bonchev–Trinajstić information content (AvgIpc) is 2.86. The number of furan rings is 1. The zero-order valence-electron chi connectivity index (χ0n) is 15.0. The highest BCUT2D eigenvalue weighted by atomic mass is 16.4. The number of carboxylic acids is 1. The third-order valence-electron chi connectivity index (χ3n) is 4.72. The number of hydrogen-bond donors (Lipinski definition) is 2. The lowest BCUT2D eigenvalue weighted by molar-refractivity contribution is -0.137. The lowest BCUT2D eigenvalue weighted by Gasteiger charge is -2.10. The van der Waals surface area contributed by atoms with Gasteiger partial charge in [-0.3, -0.25) is 9.59 Å². The Balaban J connectivity index is 2.16. The molecule has 26 heavy (non-hydrogen) atoms. The molecule has 136 valence electrons. The highest BCUT2D eigenvalue weighted by Gasteiger charge is 2.20. The number of amides is 1. The van der Waals surface area contributed by atoms with E-state index in [1.807, 2.05) is 26.8 Å². The predicted molar refractivity (Wildman–Crippen MR) is 95.6 cm³/mol. The van der Waals surface area contributed by atoms with Gasteiger partial charge in [0.2, 0.25) is 5.91 Å². The van der Waals surface area contributed by atoms with Crippen LogP contribution in [0.3, 0.4) is 0 Å². The number of fused-ring (bicyclic) bond motifs is 2. The van der Waals surface area contributed by atoms with Gasteiger partial charge in [-0.1, -0.05) is 0 Å². The molecule has 0 fully saturated rings. The normalized spacial score (nSPS) is 11.2. The van der Waals surface area contributed by atoms with E-state index in [1.165, 1.54) is 0 Å². The van der Waals surface area contributed by atoms with Crippen LogP contribution in [-0.4, -0.2) is 23.5 Å². The molecular formula is C19H19NO6. The molecule has 1 amide bonds. The van der Waals surface area contributed by atoms with Crippen molar-refractivity contribution in [1.82, 2.24) is 5.32 Å². The van der Waals surface area contributed by atoms with Gasteiger partial charge in [0.25, 0.3) is 0 Å². The SMILES string of the molecule is Cc1oc2c(C)c3oc(=O)c(CC(=O)NCC(=O)O)c(C)c3cc2c1C. The number of carboxylic acid groups (broad SMARTS) is 1. The fourth-order valence-electron chi connectivity index (χ4n) is 3.09. The molecule has 0 aliphatic rings. The van der Waals surface area contributed by atoms with Crippen LogP contribution in [0.5, 0.6) is 0 Å². The zero-order chi connectivity index (χ0) is 19.2. The second kappa shape index (κ2) is 6.33. The Kier molecular flexibility index (Phi) is 4.31. The van der Waals surface area contributed by atoms with Crippen molar-refractivity contribution in [2.75, 3.05) is 6.54 Å². The van der Waals surface area contributed by atoms with Gasteiger partial charge in [0.1, 0.15) is 23.5 Å². The van der Waals surface area contributed by atoms with Gasteiger partial charge in [0, 0.05) is 16.3 Å². The molecule has 0 unspecified atom stereocenters. The number of hydrogen-bond acceptors (Lipinski definition) is 5. The van der Waals surface area contributed by atoms with E-state index < -0.39 is 24.0 Å². The van der Waals surface area contributed by atoms with Crippen molar-refractivity contribution in [3.63, 3.8) is 0 Å². The third kappa shape index (κ3) is 2.85. The first-order chi connectivity index (χ1) is 12.2. The first-order valence-corrected chi connectivity index (χ1v) is 8.14. The van der Waals surface area contributed by atoms with Gasteiger partial charge >= 0.3 is 11.6 Å². The maximum atomic E-state index is 12.4. The van der Waals surface area contributed by atoms with Gasteiger partial charge in [-0.05, 0) is 44.9 Å². The van der Waals surface area contributed by atoms with Crippen LogP contribution in [0.4, 0.5) is 0 Å². The van der Waals surface area contributed by atoms with Gasteiger partial charge in [-0.2, -0.15) is 0 Å². The summed E-state index contributed by atoms with van der Waals surface area (Å²) in [6, 6.07) is 1.90. The second-order valence-corrected chi connectivity index (χ2v) is 6.38. The summed E-state index contributed by atoms with van der Waals surface area (Å²) in [7, 11) is 0. The van der Waals surface area contributed by atoms with Gasteiger partial charge in [-0.25, -0.2) is 4.79 Å². The largest absolute Gasteiger partial charge is 0.480 e. The van der Waals surface area contributed by atoms with Crippen LogP contribution in [0.1, 0.15) is 28.0 Å². The quantitative estimate of drug-likeness (QED) is 0.694. The minimum absolute atomic E-state index is 0.219. The van der Waals surface area contributed by atoms with Crippen molar-refractivity contribution in [1.29, 1.82) is 0 Å². The van der Waals surface area contributed by atoms with E-state index in [1.54, 1.807) is 6.92 Å². The molecule has 2 aromatic heterocycles. The lowest BCUT2D eigenvalue weighted by atomic mass is 9.99. The summed E-state index contributed by atoms with van der Waals surface area (Å²) in [6.07, 6.45) is -0.238. The summed E-state index contributed by atoms with van der Waals surface area (Å²) in [5, 5.41) is 12.6. The van der Waals surface area contributed by atoms with Crippen molar-refractivity contribution < 1.29 is 23.5 Å². The molecule has 2 heterocycles. The van der Waals surface area contributed by atoms with Crippen molar-refractivity contribution in [2.45, 2.75) is 34.1 Å². The van der Waals surface area contributed by atoms with Crippen LogP contribution in [0, 0.1) is 27.7 Å². The summed E-state index contributed by atoms with van der Waals surface area (Å²) in [5.41, 5.74) is 3.11. The fraction of sp³-hybridized carbons (Fsp3) is 0.316. The Hall–Kier alpha value is -3.09. The predicted octanol–water partition coefficient (Wildman–Crippen LogP) is 2.52. The second-order valence-electron chi connectivity index (χ2n) is 6.38. The van der Waals surface area contributed by atoms with Crippen molar-refractivity contribution in [3.05, 3.63) is 44.5 Å². The van der Waals surface area contributed by atoms with Crippen LogP contribution in [0.2, 0.25) is 0 Å². The number of carbonyl (C=O) groups excluding carboxylic acids is 1. The monoisotopic (exact) mass is 357 g/mol. The molecule has 7 heteroatoms. The Morgan fingerprint density at radius 3 is 2.27 bits per heavy atom. The standard InChI is InChI=1S/C19H19NO6/c1-8-11(4)25-17-10(3)18-13(5-12(8)17)9(2)14(19(24)26-18)6-15(21)20-7-16(22)23/h5H,6-7H2,1-4H3,(H,20,21)(H,22,23). The first-order valence-electron chi connectivity index (χ1n) is 8.14. The van der Waals surface area contributed by atoms with Gasteiger partial charge in [-0.15, -0.1) is 0 Å². The smallest absolute Gasteiger partial charge is 0.340 e. The van der Waals surface area contributed by atoms with Crippen LogP contribution in [0.15, 0.2) is 19.7 Å². The van der Waals surface area contributed by atoms with Crippen molar-refractivity contribution >= 4 is 33.8 Å². The average molecular weight is 357 g/mol. The number of carbonyl (C=O) groups is 2. The van der Waals surface area contributed by atoms with E-state index in [0.29, 0.717) is 16.7 Å². The van der Waals surface area contributed by atoms with Crippen LogP contribution < -0.4 is 10.9 Å². The number of benzene rings is 1. The molecule has 0 atom stereocenters. The van der Waals surface area contributed by atoms with Crippen LogP contribution in [0.25, 0.3) is 21.9 Å². The molecule has 2 N–H and O–H groups in total. The maximum absolute atomic E-state index is 12.4. The molecule has 3 rings (SSSR count). The summed E-state index contributed by atoms with van der Waals surface area (Å²) < 4.78 is 11.3. The Bertz CT molecular complexity index is 1120. The van der Waals surface area contributed by atoms with Crippen LogP contribution >= 0.6 is 0 Å². The summed E-state index contributed by atoms with van der Waals surface area (Å²) in [6.45, 7) is 6.92. The number of aliphatic carboxylic acids is 1. The van der Waals surface area contributed by atoms with Crippen molar-refractivity contribution in [3.8, 4) is 0 Å². The number of aryl methyl sites for hydroxylation is 4. The molecular weight excluding hydrogens is 338 g/mol. The van der Waals surface area contributed by atoms with E-state index in [4.69, 9.17) is 13.9 Å². The minimum Gasteiger partial charge on any atom is -0.480 e. The molecule has 0 saturated heterocycles. The fourth-order valence-corrected chi connectivity index (χ4v) is 3.09. The minimum atomic E-state index is -1.15. The molecule has 0 radical (unpaired) electrons. The van der Waals surface area contributed by atoms with E-state index in [0.717, 1.165) is 27.7 Å². The van der Waals surface area contributed by atoms with E-state index in [9.17, 15) is 14.4 Å². The van der Waals surface area contributed by atoms with Crippen LogP contribution in [-0.2, 0) is 16.0 Å². The summed E-state index contributed by atoms with van der Waals surface area (Å²) in [4.78, 5) is 34.9. The Labute approximate surface area is 148 Å². The van der Waals surface area contributed by atoms with Gasteiger partial charge in [0.05, 0.1) is 12.0 Å². The molecule has 0 spiro atoms. The van der Waals surface area contributed by atoms with E-state index >= 15 is 0 Å². The highest BCUT2D eigenvalue weighted by Crippen LogP contribution is 2.34. The Morgan fingerprint density at radius 2 is 1.62 bits per heavy atom. The highest BCUT2D eigenvalue weighted by molar-refractivity contribution is 6.00. The molecule has 0 bridgehead atoms. The number of nitrogens with one attached hydrogen (secondary N) is 1. The molecule has 1 aromatic carbocycles. The zero-order valence-corrected chi connectivity index (χ0v) is 15.0. The maximum Gasteiger partial charge on any atom is 0.340 e. The lowest BCUT2D eigenvalue weighted by Crippen LogP contribution is -2.32. The van der Waals surface area contributed by atoms with Gasteiger partial charge < -0.3 is 19.3 Å².